The first-order valence-corrected chi connectivity index (χ1v) is 8.81. The Bertz CT molecular complexity index is 784. The SMILES string of the molecule is CNC(=O)Cc1ccc(NC(=S)NC(=O)c2ccc(C(C)C)cc2)cc1. The van der Waals surface area contributed by atoms with Crippen molar-refractivity contribution in [3.8, 4) is 0 Å². The number of nitrogens with one attached hydrogen (secondary N) is 3. The van der Waals surface area contributed by atoms with Crippen LogP contribution < -0.4 is 16.0 Å². The summed E-state index contributed by atoms with van der Waals surface area (Å²) >= 11 is 5.19. The average Bonchev–Trinajstić information content (AvgIpc) is 2.63. The Hall–Kier alpha value is -2.73. The van der Waals surface area contributed by atoms with Crippen molar-refractivity contribution >= 4 is 34.8 Å². The van der Waals surface area contributed by atoms with Crippen molar-refractivity contribution in [1.82, 2.24) is 10.6 Å². The first-order chi connectivity index (χ1) is 12.4. The van der Waals surface area contributed by atoms with Crippen LogP contribution in [0.4, 0.5) is 5.69 Å². The molecule has 0 saturated heterocycles. The van der Waals surface area contributed by atoms with Gasteiger partial charge in [-0.1, -0.05) is 38.1 Å². The summed E-state index contributed by atoms with van der Waals surface area (Å²) in [5.41, 5.74) is 3.37. The molecule has 6 heteroatoms. The monoisotopic (exact) mass is 369 g/mol. The van der Waals surface area contributed by atoms with Crippen LogP contribution in [0, 0.1) is 0 Å². The Morgan fingerprint density at radius 3 is 2.15 bits per heavy atom. The van der Waals surface area contributed by atoms with Crippen molar-refractivity contribution in [3.05, 3.63) is 65.2 Å². The van der Waals surface area contributed by atoms with E-state index < -0.39 is 0 Å². The molecule has 0 aliphatic carbocycles. The fourth-order valence-corrected chi connectivity index (χ4v) is 2.55. The van der Waals surface area contributed by atoms with Crippen molar-refractivity contribution in [2.24, 2.45) is 0 Å². The van der Waals surface area contributed by atoms with Gasteiger partial charge in [-0.05, 0) is 53.5 Å². The van der Waals surface area contributed by atoms with E-state index in [0.717, 1.165) is 11.3 Å². The number of carbonyl (C=O) groups is 2. The number of rotatable bonds is 5. The van der Waals surface area contributed by atoms with Crippen LogP contribution in [-0.2, 0) is 11.2 Å². The van der Waals surface area contributed by atoms with Crippen LogP contribution in [0.3, 0.4) is 0 Å². The quantitative estimate of drug-likeness (QED) is 0.708. The summed E-state index contributed by atoms with van der Waals surface area (Å²) in [4.78, 5) is 23.6. The second kappa shape index (κ2) is 9.10. The Labute approximate surface area is 159 Å². The van der Waals surface area contributed by atoms with Crippen LogP contribution in [0.2, 0.25) is 0 Å². The Balaban J connectivity index is 1.91. The van der Waals surface area contributed by atoms with Gasteiger partial charge in [-0.15, -0.1) is 0 Å². The lowest BCUT2D eigenvalue weighted by Gasteiger charge is -2.11. The molecule has 0 aliphatic rings. The predicted octanol–water partition coefficient (Wildman–Crippen LogP) is 3.23. The Morgan fingerprint density at radius 2 is 1.62 bits per heavy atom. The van der Waals surface area contributed by atoms with E-state index in [1.54, 1.807) is 19.2 Å². The molecule has 5 nitrogen and oxygen atoms in total. The smallest absolute Gasteiger partial charge is 0.257 e. The van der Waals surface area contributed by atoms with Gasteiger partial charge < -0.3 is 10.6 Å². The van der Waals surface area contributed by atoms with Crippen molar-refractivity contribution in [2.45, 2.75) is 26.2 Å². The molecule has 0 bridgehead atoms. The standard InChI is InChI=1S/C20H23N3O2S/c1-13(2)15-6-8-16(9-7-15)19(25)23-20(26)22-17-10-4-14(5-11-17)12-18(24)21-3/h4-11,13H,12H2,1-3H3,(H,21,24)(H2,22,23,25,26). The van der Waals surface area contributed by atoms with Gasteiger partial charge >= 0.3 is 0 Å². The summed E-state index contributed by atoms with van der Waals surface area (Å²) < 4.78 is 0. The summed E-state index contributed by atoms with van der Waals surface area (Å²) in [6.07, 6.45) is 0.324. The molecule has 0 aliphatic heterocycles. The number of hydrogen-bond acceptors (Lipinski definition) is 3. The van der Waals surface area contributed by atoms with E-state index in [2.05, 4.69) is 29.8 Å². The second-order valence-electron chi connectivity index (χ2n) is 6.23. The zero-order chi connectivity index (χ0) is 19.1. The molecule has 2 aromatic rings. The highest BCUT2D eigenvalue weighted by molar-refractivity contribution is 7.80. The van der Waals surface area contributed by atoms with Gasteiger partial charge in [0.05, 0.1) is 6.42 Å². The third-order valence-corrected chi connectivity index (χ3v) is 4.13. The van der Waals surface area contributed by atoms with Gasteiger partial charge in [0.15, 0.2) is 5.11 Å². The molecule has 2 amide bonds. The highest BCUT2D eigenvalue weighted by Crippen LogP contribution is 2.15. The summed E-state index contributed by atoms with van der Waals surface area (Å²) in [5, 5.41) is 8.44. The summed E-state index contributed by atoms with van der Waals surface area (Å²) in [7, 11) is 1.61. The lowest BCUT2D eigenvalue weighted by Crippen LogP contribution is -2.34. The fourth-order valence-electron chi connectivity index (χ4n) is 2.34. The third kappa shape index (κ3) is 5.67. The Morgan fingerprint density at radius 1 is 1.00 bits per heavy atom. The van der Waals surface area contributed by atoms with E-state index in [9.17, 15) is 9.59 Å². The lowest BCUT2D eigenvalue weighted by molar-refractivity contribution is -0.119. The number of amides is 2. The van der Waals surface area contributed by atoms with Crippen LogP contribution >= 0.6 is 12.2 Å². The molecule has 3 N–H and O–H groups in total. The molecule has 0 heterocycles. The van der Waals surface area contributed by atoms with Crippen molar-refractivity contribution in [2.75, 3.05) is 12.4 Å². The molecule has 136 valence electrons. The lowest BCUT2D eigenvalue weighted by atomic mass is 10.0. The number of thiocarbonyl (C=S) groups is 1. The molecular weight excluding hydrogens is 346 g/mol. The van der Waals surface area contributed by atoms with Crippen LogP contribution in [0.15, 0.2) is 48.5 Å². The molecule has 2 aromatic carbocycles. The molecular formula is C20H23N3O2S. The average molecular weight is 369 g/mol. The minimum atomic E-state index is -0.256. The number of anilines is 1. The molecule has 2 rings (SSSR count). The van der Waals surface area contributed by atoms with Gasteiger partial charge in [-0.25, -0.2) is 0 Å². The Kier molecular flexibility index (Phi) is 6.86. The number of carbonyl (C=O) groups excluding carboxylic acids is 2. The first-order valence-electron chi connectivity index (χ1n) is 8.41. The van der Waals surface area contributed by atoms with E-state index >= 15 is 0 Å². The zero-order valence-electron chi connectivity index (χ0n) is 15.1. The summed E-state index contributed by atoms with van der Waals surface area (Å²) in [6, 6.07) is 14.8. The van der Waals surface area contributed by atoms with E-state index in [1.165, 1.54) is 5.56 Å². The molecule has 0 saturated carbocycles. The molecule has 0 radical (unpaired) electrons. The third-order valence-electron chi connectivity index (χ3n) is 3.92. The van der Waals surface area contributed by atoms with Crippen LogP contribution in [0.25, 0.3) is 0 Å². The summed E-state index contributed by atoms with van der Waals surface area (Å²) in [6.45, 7) is 4.21. The molecule has 26 heavy (non-hydrogen) atoms. The number of likely N-dealkylation sites (N-methyl/N-ethyl adjacent to an activating group) is 1. The van der Waals surface area contributed by atoms with E-state index in [-0.39, 0.29) is 16.9 Å². The molecule has 0 fully saturated rings. The zero-order valence-corrected chi connectivity index (χ0v) is 15.9. The van der Waals surface area contributed by atoms with Crippen molar-refractivity contribution < 1.29 is 9.59 Å². The van der Waals surface area contributed by atoms with Gasteiger partial charge in [0.2, 0.25) is 5.91 Å². The van der Waals surface area contributed by atoms with Gasteiger partial charge in [-0.3, -0.25) is 14.9 Å². The first kappa shape index (κ1) is 19.6. The fraction of sp³-hybridized carbons (Fsp3) is 0.250. The van der Waals surface area contributed by atoms with Crippen molar-refractivity contribution in [1.29, 1.82) is 0 Å². The highest BCUT2D eigenvalue weighted by Gasteiger charge is 2.09. The summed E-state index contributed by atoms with van der Waals surface area (Å²) in [5.74, 6) is 0.118. The van der Waals surface area contributed by atoms with Crippen LogP contribution in [0.1, 0.15) is 41.3 Å². The van der Waals surface area contributed by atoms with Gasteiger partial charge in [0.25, 0.3) is 5.91 Å². The maximum atomic E-state index is 12.3. The number of hydrogen-bond donors (Lipinski definition) is 3. The minimum absolute atomic E-state index is 0.0445. The van der Waals surface area contributed by atoms with E-state index in [0.29, 0.717) is 17.9 Å². The van der Waals surface area contributed by atoms with Crippen LogP contribution in [0.5, 0.6) is 0 Å². The van der Waals surface area contributed by atoms with Gasteiger partial charge in [0, 0.05) is 18.3 Å². The largest absolute Gasteiger partial charge is 0.359 e. The minimum Gasteiger partial charge on any atom is -0.359 e. The normalized spacial score (nSPS) is 10.3. The topological polar surface area (TPSA) is 70.2 Å². The van der Waals surface area contributed by atoms with E-state index in [1.807, 2.05) is 36.4 Å². The van der Waals surface area contributed by atoms with Gasteiger partial charge in [0.1, 0.15) is 0 Å². The molecule has 0 aromatic heterocycles. The van der Waals surface area contributed by atoms with Crippen LogP contribution in [-0.4, -0.2) is 24.0 Å². The molecule has 0 spiro atoms. The highest BCUT2D eigenvalue weighted by atomic mass is 32.1. The molecule has 0 atom stereocenters. The second-order valence-corrected chi connectivity index (χ2v) is 6.64. The predicted molar refractivity (Wildman–Crippen MR) is 108 cm³/mol. The molecule has 0 unspecified atom stereocenters. The van der Waals surface area contributed by atoms with E-state index in [4.69, 9.17) is 12.2 Å². The maximum Gasteiger partial charge on any atom is 0.257 e. The maximum absolute atomic E-state index is 12.3. The van der Waals surface area contributed by atoms with Crippen molar-refractivity contribution in [3.63, 3.8) is 0 Å². The number of benzene rings is 2. The van der Waals surface area contributed by atoms with Gasteiger partial charge in [-0.2, -0.15) is 0 Å².